The molecule has 0 amide bonds. The predicted octanol–water partition coefficient (Wildman–Crippen LogP) is 3.52. The van der Waals surface area contributed by atoms with Crippen LogP contribution in [0, 0.1) is 11.3 Å². The number of aliphatic carboxylic acids is 1. The van der Waals surface area contributed by atoms with Gasteiger partial charge in [0.25, 0.3) is 0 Å². The van der Waals surface area contributed by atoms with Gasteiger partial charge in [0, 0.05) is 21.9 Å². The number of carboxylic acids is 1. The van der Waals surface area contributed by atoms with Gasteiger partial charge >= 0.3 is 0 Å². The number of benzene rings is 2. The van der Waals surface area contributed by atoms with Gasteiger partial charge in [-0.2, -0.15) is 5.26 Å². The fourth-order valence-corrected chi connectivity index (χ4v) is 3.00. The summed E-state index contributed by atoms with van der Waals surface area (Å²) in [6.07, 6.45) is -0.258. The highest BCUT2D eigenvalue weighted by Gasteiger charge is 2.25. The monoisotopic (exact) mass is 332 g/mol. The molecule has 0 heterocycles. The lowest BCUT2D eigenvalue weighted by Crippen LogP contribution is -2.26. The maximum Gasteiger partial charge on any atom is 0.0785 e. The highest BCUT2D eigenvalue weighted by atomic mass is 35.5. The van der Waals surface area contributed by atoms with E-state index in [1.54, 1.807) is 42.5 Å². The molecule has 0 spiro atoms. The summed E-state index contributed by atoms with van der Waals surface area (Å²) in [5, 5.41) is 21.5. The molecule has 0 fully saturated rings. The zero-order chi connectivity index (χ0) is 16.1. The Bertz CT molecular complexity index is 690. The lowest BCUT2D eigenvalue weighted by atomic mass is 9.80. The van der Waals surface area contributed by atoms with Crippen LogP contribution in [0.2, 0.25) is 10.0 Å². The van der Waals surface area contributed by atoms with E-state index in [4.69, 9.17) is 23.2 Å². The van der Waals surface area contributed by atoms with E-state index < -0.39 is 17.8 Å². The second-order valence-electron chi connectivity index (χ2n) is 4.90. The van der Waals surface area contributed by atoms with Crippen LogP contribution in [0.15, 0.2) is 48.5 Å². The molecule has 0 N–H and O–H groups in total. The topological polar surface area (TPSA) is 63.9 Å². The Balaban J connectivity index is 2.48. The molecule has 0 saturated heterocycles. The van der Waals surface area contributed by atoms with Crippen molar-refractivity contribution in [1.82, 2.24) is 0 Å². The maximum atomic E-state index is 11.1. The summed E-state index contributed by atoms with van der Waals surface area (Å²) in [5.74, 6) is -2.43. The van der Waals surface area contributed by atoms with Crippen LogP contribution in [-0.2, 0) is 4.79 Å². The molecule has 112 valence electrons. The Hall–Kier alpha value is -2.02. The zero-order valence-electron chi connectivity index (χ0n) is 11.5. The molecule has 0 radical (unpaired) electrons. The standard InChI is InChI=1S/C17H13Cl2NO2/c18-13-6-12(7-14(19)8-13)16(10-20)15(9-17(21)22)11-4-2-1-3-5-11/h1-8,15-16H,9H2,(H,21,22)/p-1. The van der Waals surface area contributed by atoms with Crippen molar-refractivity contribution < 1.29 is 9.90 Å². The minimum atomic E-state index is -1.21. The van der Waals surface area contributed by atoms with Gasteiger partial charge in [-0.05, 0) is 35.7 Å². The molecule has 2 aromatic rings. The van der Waals surface area contributed by atoms with E-state index >= 15 is 0 Å². The van der Waals surface area contributed by atoms with Crippen LogP contribution < -0.4 is 5.11 Å². The third kappa shape index (κ3) is 4.00. The summed E-state index contributed by atoms with van der Waals surface area (Å²) in [6, 6.07) is 16.0. The van der Waals surface area contributed by atoms with Crippen molar-refractivity contribution in [3.63, 3.8) is 0 Å². The number of hydrogen-bond donors (Lipinski definition) is 0. The van der Waals surface area contributed by atoms with Gasteiger partial charge in [0.1, 0.15) is 0 Å². The summed E-state index contributed by atoms with van der Waals surface area (Å²) < 4.78 is 0. The quantitative estimate of drug-likeness (QED) is 0.841. The third-order valence-corrected chi connectivity index (χ3v) is 3.84. The molecule has 0 bridgehead atoms. The maximum absolute atomic E-state index is 11.1. The van der Waals surface area contributed by atoms with Crippen molar-refractivity contribution in [1.29, 1.82) is 5.26 Å². The number of hydrogen-bond acceptors (Lipinski definition) is 3. The van der Waals surface area contributed by atoms with Crippen LogP contribution in [-0.4, -0.2) is 5.97 Å². The van der Waals surface area contributed by atoms with E-state index in [-0.39, 0.29) is 6.42 Å². The van der Waals surface area contributed by atoms with Crippen molar-refractivity contribution in [2.45, 2.75) is 18.3 Å². The Kier molecular flexibility index (Phi) is 5.43. The van der Waals surface area contributed by atoms with Crippen molar-refractivity contribution in [2.75, 3.05) is 0 Å². The van der Waals surface area contributed by atoms with Crippen LogP contribution >= 0.6 is 23.2 Å². The molecule has 2 unspecified atom stereocenters. The zero-order valence-corrected chi connectivity index (χ0v) is 13.0. The summed E-state index contributed by atoms with van der Waals surface area (Å²) in [4.78, 5) is 11.1. The number of rotatable bonds is 5. The van der Waals surface area contributed by atoms with Gasteiger partial charge in [0.2, 0.25) is 0 Å². The lowest BCUT2D eigenvalue weighted by molar-refractivity contribution is -0.306. The molecule has 2 rings (SSSR count). The van der Waals surface area contributed by atoms with Crippen LogP contribution in [0.25, 0.3) is 0 Å². The first-order valence-electron chi connectivity index (χ1n) is 6.61. The Morgan fingerprint density at radius 2 is 1.68 bits per heavy atom. The van der Waals surface area contributed by atoms with E-state index in [2.05, 4.69) is 6.07 Å². The minimum Gasteiger partial charge on any atom is -0.550 e. The lowest BCUT2D eigenvalue weighted by Gasteiger charge is -2.23. The first-order chi connectivity index (χ1) is 10.5. The van der Waals surface area contributed by atoms with E-state index in [1.807, 2.05) is 6.07 Å². The number of halogens is 2. The van der Waals surface area contributed by atoms with Crippen molar-refractivity contribution in [3.05, 3.63) is 69.7 Å². The number of nitriles is 1. The van der Waals surface area contributed by atoms with Crippen molar-refractivity contribution >= 4 is 29.2 Å². The average Bonchev–Trinajstić information content (AvgIpc) is 2.46. The van der Waals surface area contributed by atoms with Crippen LogP contribution in [0.4, 0.5) is 0 Å². The molecule has 22 heavy (non-hydrogen) atoms. The third-order valence-electron chi connectivity index (χ3n) is 3.40. The Morgan fingerprint density at radius 1 is 1.09 bits per heavy atom. The molecular formula is C17H12Cl2NO2-. The van der Waals surface area contributed by atoms with Gasteiger partial charge in [-0.15, -0.1) is 0 Å². The normalized spacial score (nSPS) is 13.1. The van der Waals surface area contributed by atoms with Crippen molar-refractivity contribution in [3.8, 4) is 6.07 Å². The number of nitrogens with zero attached hydrogens (tertiary/aromatic N) is 1. The Morgan fingerprint density at radius 3 is 2.18 bits per heavy atom. The Labute approximate surface area is 138 Å². The van der Waals surface area contributed by atoms with Gasteiger partial charge in [0.15, 0.2) is 0 Å². The largest absolute Gasteiger partial charge is 0.550 e. The molecule has 0 aliphatic heterocycles. The SMILES string of the molecule is N#CC(c1cc(Cl)cc(Cl)c1)C(CC(=O)[O-])c1ccccc1. The highest BCUT2D eigenvalue weighted by Crippen LogP contribution is 2.37. The second-order valence-corrected chi connectivity index (χ2v) is 5.78. The summed E-state index contributed by atoms with van der Waals surface area (Å²) >= 11 is 12.0. The predicted molar refractivity (Wildman–Crippen MR) is 83.6 cm³/mol. The van der Waals surface area contributed by atoms with Crippen LogP contribution in [0.3, 0.4) is 0 Å². The molecule has 3 nitrogen and oxygen atoms in total. The summed E-state index contributed by atoms with van der Waals surface area (Å²) in [7, 11) is 0. The molecule has 2 aromatic carbocycles. The molecule has 0 aliphatic rings. The molecular weight excluding hydrogens is 321 g/mol. The summed E-state index contributed by atoms with van der Waals surface area (Å²) in [5.41, 5.74) is 1.35. The van der Waals surface area contributed by atoms with Crippen LogP contribution in [0.1, 0.15) is 29.4 Å². The van der Waals surface area contributed by atoms with E-state index in [1.165, 1.54) is 0 Å². The second kappa shape index (κ2) is 7.31. The smallest absolute Gasteiger partial charge is 0.0785 e. The van der Waals surface area contributed by atoms with Gasteiger partial charge in [-0.1, -0.05) is 53.5 Å². The molecule has 0 aliphatic carbocycles. The minimum absolute atomic E-state index is 0.258. The van der Waals surface area contributed by atoms with E-state index in [0.29, 0.717) is 15.6 Å². The first kappa shape index (κ1) is 16.4. The molecule has 0 saturated carbocycles. The van der Waals surface area contributed by atoms with E-state index in [9.17, 15) is 15.2 Å². The molecule has 5 heteroatoms. The molecule has 2 atom stereocenters. The van der Waals surface area contributed by atoms with Crippen LogP contribution in [0.5, 0.6) is 0 Å². The average molecular weight is 333 g/mol. The van der Waals surface area contributed by atoms with Gasteiger partial charge in [-0.25, -0.2) is 0 Å². The van der Waals surface area contributed by atoms with Crippen molar-refractivity contribution in [2.24, 2.45) is 0 Å². The van der Waals surface area contributed by atoms with Gasteiger partial charge in [0.05, 0.1) is 12.0 Å². The highest BCUT2D eigenvalue weighted by molar-refractivity contribution is 6.34. The van der Waals surface area contributed by atoms with Gasteiger partial charge < -0.3 is 9.90 Å². The summed E-state index contributed by atoms with van der Waals surface area (Å²) in [6.45, 7) is 0. The van der Waals surface area contributed by atoms with E-state index in [0.717, 1.165) is 5.56 Å². The first-order valence-corrected chi connectivity index (χ1v) is 7.37. The molecule has 0 aromatic heterocycles. The fraction of sp³-hybridized carbons (Fsp3) is 0.176. The van der Waals surface area contributed by atoms with Gasteiger partial charge in [-0.3, -0.25) is 0 Å². The number of carbonyl (C=O) groups is 1. The fourth-order valence-electron chi connectivity index (χ4n) is 2.46. The number of carbonyl (C=O) groups excluding carboxylic acids is 1. The number of carboxylic acid groups (broad SMARTS) is 1.